The van der Waals surface area contributed by atoms with E-state index in [9.17, 15) is 4.79 Å². The molecule has 1 amide bonds. The van der Waals surface area contributed by atoms with Gasteiger partial charge in [-0.25, -0.2) is 0 Å². The van der Waals surface area contributed by atoms with E-state index in [1.54, 1.807) is 12.1 Å². The summed E-state index contributed by atoms with van der Waals surface area (Å²) >= 11 is 35.0. The van der Waals surface area contributed by atoms with Crippen LogP contribution in [0.15, 0.2) is 42.5 Å². The minimum atomic E-state index is -1.88. The molecule has 0 saturated heterocycles. The molecule has 0 spiro atoms. The average Bonchev–Trinajstić information content (AvgIpc) is 2.59. The molecule has 156 valence electrons. The molecule has 3 N–H and O–H groups in total. The summed E-state index contributed by atoms with van der Waals surface area (Å²) in [6.07, 6.45) is -1.12. The quantitative estimate of drug-likeness (QED) is 0.270. The van der Waals surface area contributed by atoms with E-state index < -0.39 is 15.9 Å². The summed E-state index contributed by atoms with van der Waals surface area (Å²) in [5.74, 6) is -0.264. The molecule has 0 fully saturated rings. The number of nitrogens with one attached hydrogen (secondary N) is 3. The van der Waals surface area contributed by atoms with Crippen molar-refractivity contribution in [3.05, 3.63) is 58.1 Å². The molecular weight excluding hydrogens is 500 g/mol. The minimum absolute atomic E-state index is 0.161. The van der Waals surface area contributed by atoms with Crippen LogP contribution in [-0.4, -0.2) is 27.6 Å². The van der Waals surface area contributed by atoms with Gasteiger partial charge in [-0.15, -0.1) is 0 Å². The number of hydrogen-bond acceptors (Lipinski definition) is 3. The van der Waals surface area contributed by atoms with Crippen LogP contribution in [0.25, 0.3) is 0 Å². The van der Waals surface area contributed by atoms with Gasteiger partial charge >= 0.3 is 0 Å². The lowest BCUT2D eigenvalue weighted by molar-refractivity contribution is -0.123. The average molecular weight is 516 g/mol. The Bertz CT molecular complexity index is 892. The number of thiocarbonyl (C=S) groups is 1. The largest absolute Gasteiger partial charge is 0.482 e. The lowest BCUT2D eigenvalue weighted by Crippen LogP contribution is -2.56. The van der Waals surface area contributed by atoms with Crippen LogP contribution < -0.4 is 20.7 Å². The molecule has 1 unspecified atom stereocenters. The van der Waals surface area contributed by atoms with Crippen LogP contribution in [0.2, 0.25) is 10.0 Å². The van der Waals surface area contributed by atoms with E-state index in [1.165, 1.54) is 6.07 Å². The van der Waals surface area contributed by atoms with E-state index >= 15 is 0 Å². The molecule has 2 aromatic carbocycles. The fraction of sp³-hybridized carbons (Fsp3) is 0.222. The van der Waals surface area contributed by atoms with Crippen molar-refractivity contribution in [2.24, 2.45) is 0 Å². The van der Waals surface area contributed by atoms with Gasteiger partial charge in [0, 0.05) is 10.7 Å². The molecule has 0 aromatic heterocycles. The Balaban J connectivity index is 1.95. The summed E-state index contributed by atoms with van der Waals surface area (Å²) in [7, 11) is 0. The van der Waals surface area contributed by atoms with E-state index in [1.807, 2.05) is 31.2 Å². The zero-order valence-electron chi connectivity index (χ0n) is 14.9. The zero-order chi connectivity index (χ0) is 21.6. The van der Waals surface area contributed by atoms with Gasteiger partial charge < -0.3 is 20.7 Å². The lowest BCUT2D eigenvalue weighted by Gasteiger charge is -2.27. The molecule has 0 saturated carbocycles. The number of benzene rings is 2. The Morgan fingerprint density at radius 3 is 2.48 bits per heavy atom. The van der Waals surface area contributed by atoms with E-state index in [0.29, 0.717) is 10.8 Å². The maximum absolute atomic E-state index is 12.3. The van der Waals surface area contributed by atoms with Crippen molar-refractivity contribution in [2.75, 3.05) is 11.9 Å². The summed E-state index contributed by atoms with van der Waals surface area (Å²) in [4.78, 5) is 12.3. The van der Waals surface area contributed by atoms with E-state index in [-0.39, 0.29) is 16.7 Å². The Hall–Kier alpha value is -1.15. The van der Waals surface area contributed by atoms with Crippen LogP contribution in [-0.2, 0) is 4.79 Å². The SMILES string of the molecule is Cc1cccc(NC(=S)NC(NC(=O)COc2ccc(Cl)cc2Cl)C(Cl)(Cl)Cl)c1. The number of amides is 1. The Morgan fingerprint density at radius 1 is 1.14 bits per heavy atom. The van der Waals surface area contributed by atoms with Crippen LogP contribution in [0.5, 0.6) is 5.75 Å². The highest BCUT2D eigenvalue weighted by molar-refractivity contribution is 7.80. The summed E-state index contributed by atoms with van der Waals surface area (Å²) in [5.41, 5.74) is 1.79. The second-order valence-corrected chi connectivity index (χ2v) is 9.49. The summed E-state index contributed by atoms with van der Waals surface area (Å²) < 4.78 is 3.49. The van der Waals surface area contributed by atoms with Gasteiger partial charge in [0.25, 0.3) is 5.91 Å². The van der Waals surface area contributed by atoms with Crippen LogP contribution in [0, 0.1) is 6.92 Å². The molecule has 0 heterocycles. The number of hydrogen-bond donors (Lipinski definition) is 3. The molecular formula is C18H16Cl5N3O2S. The number of alkyl halides is 3. The number of rotatable bonds is 6. The van der Waals surface area contributed by atoms with Gasteiger partial charge in [0.05, 0.1) is 5.02 Å². The standard InChI is InChI=1S/C18H16Cl5N3O2S/c1-10-3-2-4-12(7-10)24-17(29)26-16(18(21,22)23)25-15(27)9-28-14-6-5-11(19)8-13(14)20/h2-8,16H,9H2,1H3,(H,25,27)(H2,24,26,29). The number of carbonyl (C=O) groups excluding carboxylic acids is 1. The molecule has 11 heteroatoms. The number of aryl methyl sites for hydroxylation is 1. The normalized spacial score (nSPS) is 12.1. The first kappa shape index (κ1) is 24.1. The lowest BCUT2D eigenvalue weighted by atomic mass is 10.2. The van der Waals surface area contributed by atoms with Gasteiger partial charge in [-0.05, 0) is 55.0 Å². The van der Waals surface area contributed by atoms with Crippen LogP contribution in [0.1, 0.15) is 5.56 Å². The van der Waals surface area contributed by atoms with Gasteiger partial charge in [-0.2, -0.15) is 0 Å². The van der Waals surface area contributed by atoms with Crippen LogP contribution in [0.4, 0.5) is 5.69 Å². The third-order valence-corrected chi connectivity index (χ3v) is 4.84. The van der Waals surface area contributed by atoms with Gasteiger partial charge in [0.2, 0.25) is 3.79 Å². The fourth-order valence-corrected chi connectivity index (χ4v) is 3.19. The molecule has 1 atom stereocenters. The molecule has 29 heavy (non-hydrogen) atoms. The van der Waals surface area contributed by atoms with Gasteiger partial charge in [0.1, 0.15) is 11.9 Å². The zero-order valence-corrected chi connectivity index (χ0v) is 19.5. The van der Waals surface area contributed by atoms with E-state index in [0.717, 1.165) is 11.3 Å². The third kappa shape index (κ3) is 8.24. The van der Waals surface area contributed by atoms with Crippen LogP contribution in [0.3, 0.4) is 0 Å². The first-order valence-corrected chi connectivity index (χ1v) is 10.4. The van der Waals surface area contributed by atoms with Crippen molar-refractivity contribution in [1.82, 2.24) is 10.6 Å². The molecule has 2 aromatic rings. The van der Waals surface area contributed by atoms with Gasteiger partial charge in [0.15, 0.2) is 11.7 Å². The topological polar surface area (TPSA) is 62.4 Å². The molecule has 0 radical (unpaired) electrons. The summed E-state index contributed by atoms with van der Waals surface area (Å²) in [6.45, 7) is 1.58. The second kappa shape index (κ2) is 10.8. The number of ether oxygens (including phenoxy) is 1. The molecule has 0 aliphatic heterocycles. The van der Waals surface area contributed by atoms with E-state index in [2.05, 4.69) is 16.0 Å². The van der Waals surface area contributed by atoms with E-state index in [4.69, 9.17) is 75.0 Å². The third-order valence-electron chi connectivity index (χ3n) is 3.44. The van der Waals surface area contributed by atoms with Gasteiger partial charge in [-0.1, -0.05) is 70.1 Å². The van der Waals surface area contributed by atoms with Crippen molar-refractivity contribution in [1.29, 1.82) is 0 Å². The molecule has 2 rings (SSSR count). The molecule has 5 nitrogen and oxygen atoms in total. The highest BCUT2D eigenvalue weighted by atomic mass is 35.6. The Kier molecular flexibility index (Phi) is 8.94. The van der Waals surface area contributed by atoms with Crippen molar-refractivity contribution in [2.45, 2.75) is 16.9 Å². The second-order valence-electron chi connectivity index (χ2n) is 5.87. The Morgan fingerprint density at radius 2 is 1.86 bits per heavy atom. The monoisotopic (exact) mass is 513 g/mol. The fourth-order valence-electron chi connectivity index (χ4n) is 2.16. The Labute approximate surface area is 198 Å². The number of anilines is 1. The maximum Gasteiger partial charge on any atom is 0.259 e. The number of halogens is 5. The molecule has 0 aliphatic rings. The van der Waals surface area contributed by atoms with Crippen molar-refractivity contribution < 1.29 is 9.53 Å². The van der Waals surface area contributed by atoms with Gasteiger partial charge in [-0.3, -0.25) is 4.79 Å². The first-order chi connectivity index (χ1) is 13.5. The van der Waals surface area contributed by atoms with Crippen LogP contribution >= 0.6 is 70.2 Å². The highest BCUT2D eigenvalue weighted by Crippen LogP contribution is 2.30. The maximum atomic E-state index is 12.3. The summed E-state index contributed by atoms with van der Waals surface area (Å²) in [6, 6.07) is 12.2. The predicted molar refractivity (Wildman–Crippen MR) is 125 cm³/mol. The van der Waals surface area contributed by atoms with Crippen molar-refractivity contribution in [3.63, 3.8) is 0 Å². The van der Waals surface area contributed by atoms with Crippen molar-refractivity contribution >= 4 is 86.9 Å². The van der Waals surface area contributed by atoms with Crippen molar-refractivity contribution in [3.8, 4) is 5.75 Å². The number of carbonyl (C=O) groups is 1. The summed E-state index contributed by atoms with van der Waals surface area (Å²) in [5, 5.41) is 9.12. The molecule has 0 bridgehead atoms. The smallest absolute Gasteiger partial charge is 0.259 e. The first-order valence-electron chi connectivity index (χ1n) is 8.12. The predicted octanol–water partition coefficient (Wildman–Crippen LogP) is 5.48. The minimum Gasteiger partial charge on any atom is -0.482 e. The molecule has 0 aliphatic carbocycles. The highest BCUT2D eigenvalue weighted by Gasteiger charge is 2.34.